The molecule has 0 spiro atoms. The Bertz CT molecular complexity index is 1400. The molecule has 2 N–H and O–H groups in total. The average Bonchev–Trinajstić information content (AvgIpc) is 3.48. The summed E-state index contributed by atoms with van der Waals surface area (Å²) in [5, 5.41) is 17.8. The molecule has 1 saturated carbocycles. The number of rotatable bonds is 9. The molecule has 1 fully saturated rings. The molecule has 9 heteroatoms. The highest BCUT2D eigenvalue weighted by molar-refractivity contribution is 5.90. The first-order valence-electron chi connectivity index (χ1n) is 12.4. The highest BCUT2D eigenvalue weighted by Gasteiger charge is 2.37. The van der Waals surface area contributed by atoms with Gasteiger partial charge in [0.05, 0.1) is 35.7 Å². The summed E-state index contributed by atoms with van der Waals surface area (Å²) in [7, 11) is 5.89. The second-order valence-electron chi connectivity index (χ2n) is 9.84. The normalized spacial score (nSPS) is 17.4. The van der Waals surface area contributed by atoms with Gasteiger partial charge in [-0.2, -0.15) is 5.10 Å². The van der Waals surface area contributed by atoms with Crippen LogP contribution in [0, 0.1) is 0 Å². The molecule has 0 aliphatic heterocycles. The predicted molar refractivity (Wildman–Crippen MR) is 142 cm³/mol. The molecule has 192 valence electrons. The molecule has 37 heavy (non-hydrogen) atoms. The molecular formula is C28H32N6O3. The summed E-state index contributed by atoms with van der Waals surface area (Å²) in [5.41, 5.74) is 3.82. The first-order valence-corrected chi connectivity index (χ1v) is 12.4. The van der Waals surface area contributed by atoms with Gasteiger partial charge in [0.1, 0.15) is 17.6 Å². The van der Waals surface area contributed by atoms with Crippen LogP contribution in [0.25, 0.3) is 22.0 Å². The second-order valence-corrected chi connectivity index (χ2v) is 9.84. The number of aryl methyl sites for hydroxylation is 1. The van der Waals surface area contributed by atoms with Crippen molar-refractivity contribution in [1.82, 2.24) is 29.5 Å². The van der Waals surface area contributed by atoms with Crippen LogP contribution < -0.4 is 4.74 Å². The number of nitrogens with zero attached hydrogens (tertiary/aromatic N) is 5. The Morgan fingerprint density at radius 1 is 1.19 bits per heavy atom. The van der Waals surface area contributed by atoms with Crippen LogP contribution in [0.15, 0.2) is 67.3 Å². The fourth-order valence-electron chi connectivity index (χ4n) is 4.56. The lowest BCUT2D eigenvalue weighted by Gasteiger charge is -2.42. The summed E-state index contributed by atoms with van der Waals surface area (Å²) in [6, 6.07) is 11.2. The number of likely N-dealkylation sites (N-methyl/N-ethyl adjacent to an activating group) is 1. The highest BCUT2D eigenvalue weighted by atomic mass is 16.5. The van der Waals surface area contributed by atoms with E-state index in [9.17, 15) is 9.90 Å². The van der Waals surface area contributed by atoms with Gasteiger partial charge in [-0.15, -0.1) is 0 Å². The van der Waals surface area contributed by atoms with Gasteiger partial charge in [0.2, 0.25) is 5.91 Å². The number of aromatic nitrogens is 4. The Kier molecular flexibility index (Phi) is 6.96. The maximum atomic E-state index is 13.1. The van der Waals surface area contributed by atoms with E-state index in [0.717, 1.165) is 46.3 Å². The Morgan fingerprint density at radius 3 is 2.68 bits per heavy atom. The van der Waals surface area contributed by atoms with Crippen LogP contribution in [-0.4, -0.2) is 73.3 Å². The van der Waals surface area contributed by atoms with Crippen LogP contribution in [-0.2, 0) is 18.4 Å². The van der Waals surface area contributed by atoms with E-state index >= 15 is 0 Å². The number of aromatic hydroxyl groups is 1. The van der Waals surface area contributed by atoms with Crippen molar-refractivity contribution < 1.29 is 14.6 Å². The van der Waals surface area contributed by atoms with E-state index in [2.05, 4.69) is 15.2 Å². The van der Waals surface area contributed by atoms with Crippen molar-refractivity contribution >= 4 is 16.8 Å². The fourth-order valence-corrected chi connectivity index (χ4v) is 4.56. The molecule has 1 amide bonds. The number of carbonyl (C=O) groups excluding carboxylic acids is 1. The van der Waals surface area contributed by atoms with Crippen molar-refractivity contribution in [2.24, 2.45) is 7.05 Å². The average molecular weight is 501 g/mol. The molecule has 0 radical (unpaired) electrons. The van der Waals surface area contributed by atoms with Crippen LogP contribution >= 0.6 is 0 Å². The largest absolute Gasteiger partial charge is 0.508 e. The quantitative estimate of drug-likeness (QED) is 0.340. The molecule has 9 nitrogen and oxygen atoms in total. The maximum absolute atomic E-state index is 13.1. The van der Waals surface area contributed by atoms with E-state index in [1.54, 1.807) is 36.9 Å². The highest BCUT2D eigenvalue weighted by Crippen LogP contribution is 2.37. The summed E-state index contributed by atoms with van der Waals surface area (Å²) in [6.07, 6.45) is 10.4. The number of nitrogens with one attached hydrogen (secondary N) is 1. The Labute approximate surface area is 216 Å². The summed E-state index contributed by atoms with van der Waals surface area (Å²) >= 11 is 0. The number of H-pyrrole nitrogens is 1. The lowest BCUT2D eigenvalue weighted by molar-refractivity contribution is -0.133. The second kappa shape index (κ2) is 10.5. The Hall–Kier alpha value is -4.11. The van der Waals surface area contributed by atoms with Crippen LogP contribution in [0.5, 0.6) is 11.5 Å². The molecule has 0 saturated heterocycles. The van der Waals surface area contributed by atoms with E-state index < -0.39 is 0 Å². The van der Waals surface area contributed by atoms with Gasteiger partial charge >= 0.3 is 0 Å². The summed E-state index contributed by atoms with van der Waals surface area (Å²) in [5.74, 6) is 0.983. The number of fused-ring (bicyclic) bond motifs is 1. The van der Waals surface area contributed by atoms with Crippen molar-refractivity contribution in [3.8, 4) is 22.6 Å². The molecule has 1 aliphatic carbocycles. The summed E-state index contributed by atoms with van der Waals surface area (Å²) in [4.78, 5) is 21.3. The molecule has 4 aromatic rings. The van der Waals surface area contributed by atoms with Gasteiger partial charge in [0.15, 0.2) is 0 Å². The van der Waals surface area contributed by atoms with Crippen LogP contribution in [0.3, 0.4) is 0 Å². The smallest absolute Gasteiger partial charge is 0.246 e. The zero-order valence-electron chi connectivity index (χ0n) is 21.3. The van der Waals surface area contributed by atoms with E-state index in [0.29, 0.717) is 13.1 Å². The first-order chi connectivity index (χ1) is 17.9. The van der Waals surface area contributed by atoms with Crippen molar-refractivity contribution in [3.63, 3.8) is 0 Å². The minimum atomic E-state index is -0.00856. The van der Waals surface area contributed by atoms with Gasteiger partial charge in [-0.1, -0.05) is 18.2 Å². The number of benzene rings is 2. The lowest BCUT2D eigenvalue weighted by atomic mass is 9.87. The molecular weight excluding hydrogens is 468 g/mol. The topological polar surface area (TPSA) is 99.5 Å². The molecule has 5 rings (SSSR count). The van der Waals surface area contributed by atoms with Crippen molar-refractivity contribution in [2.75, 3.05) is 20.6 Å². The molecule has 1 aliphatic rings. The number of carbonyl (C=O) groups is 1. The SMILES string of the molecule is CN(C)C/C=C/C(=O)N(Cc1cncn1C)C1CC(Oc2cc(-c3ccc(O)cc3)cc3[nH]ncc23)C1. The zero-order chi connectivity index (χ0) is 25.9. The summed E-state index contributed by atoms with van der Waals surface area (Å²) < 4.78 is 8.40. The molecule has 2 aromatic carbocycles. The zero-order valence-corrected chi connectivity index (χ0v) is 21.3. The first kappa shape index (κ1) is 24.6. The number of phenols is 1. The Morgan fingerprint density at radius 2 is 1.97 bits per heavy atom. The molecule has 0 unspecified atom stereocenters. The van der Waals surface area contributed by atoms with E-state index in [1.807, 2.05) is 65.9 Å². The van der Waals surface area contributed by atoms with E-state index in [4.69, 9.17) is 4.74 Å². The minimum absolute atomic E-state index is 0.00180. The van der Waals surface area contributed by atoms with E-state index in [-0.39, 0.29) is 23.8 Å². The summed E-state index contributed by atoms with van der Waals surface area (Å²) in [6.45, 7) is 1.21. The number of hydrogen-bond donors (Lipinski definition) is 2. The van der Waals surface area contributed by atoms with Crippen molar-refractivity contribution in [3.05, 3.63) is 73.0 Å². The van der Waals surface area contributed by atoms with Gasteiger partial charge in [-0.25, -0.2) is 4.98 Å². The van der Waals surface area contributed by atoms with Gasteiger partial charge in [-0.05, 0) is 49.5 Å². The van der Waals surface area contributed by atoms with Gasteiger partial charge in [-0.3, -0.25) is 9.89 Å². The number of hydrogen-bond acceptors (Lipinski definition) is 6. The van der Waals surface area contributed by atoms with Crippen molar-refractivity contribution in [1.29, 1.82) is 0 Å². The number of imidazole rings is 1. The third kappa shape index (κ3) is 5.51. The van der Waals surface area contributed by atoms with Crippen molar-refractivity contribution in [2.45, 2.75) is 31.5 Å². The van der Waals surface area contributed by atoms with Crippen LogP contribution in [0.1, 0.15) is 18.5 Å². The number of phenolic OH excluding ortho intramolecular Hbond substituents is 1. The Balaban J connectivity index is 1.31. The van der Waals surface area contributed by atoms with Gasteiger partial charge in [0.25, 0.3) is 0 Å². The standard InChI is InChI=1S/C28H32N6O3/c1-32(2)10-4-5-28(36)34(17-22-15-29-18-33(22)3)21-13-24(14-21)37-27-12-20(11-26-25(27)16-30-31-26)19-6-8-23(35)9-7-19/h4-9,11-12,15-16,18,21,24,35H,10,13-14,17H2,1-3H3,(H,30,31)/b5-4+. The third-order valence-corrected chi connectivity index (χ3v) is 6.79. The number of amides is 1. The molecule has 2 heterocycles. The minimum Gasteiger partial charge on any atom is -0.508 e. The fraction of sp³-hybridized carbons (Fsp3) is 0.321. The lowest BCUT2D eigenvalue weighted by Crippen LogP contribution is -2.51. The van der Waals surface area contributed by atoms with Gasteiger partial charge < -0.3 is 24.2 Å². The van der Waals surface area contributed by atoms with Crippen LogP contribution in [0.2, 0.25) is 0 Å². The molecule has 0 bridgehead atoms. The van der Waals surface area contributed by atoms with Gasteiger partial charge in [0, 0.05) is 44.7 Å². The number of ether oxygens (including phenoxy) is 1. The molecule has 0 atom stereocenters. The van der Waals surface area contributed by atoms with E-state index in [1.165, 1.54) is 0 Å². The maximum Gasteiger partial charge on any atom is 0.246 e. The number of aromatic amines is 1. The van der Waals surface area contributed by atoms with Crippen LogP contribution in [0.4, 0.5) is 0 Å². The monoisotopic (exact) mass is 500 g/mol. The molecule has 2 aromatic heterocycles. The predicted octanol–water partition coefficient (Wildman–Crippen LogP) is 3.73. The third-order valence-electron chi connectivity index (χ3n) is 6.79.